The first-order chi connectivity index (χ1) is 10.2. The molecule has 2 aliphatic heterocycles. The summed E-state index contributed by atoms with van der Waals surface area (Å²) in [6.45, 7) is 6.10. The molecule has 21 heavy (non-hydrogen) atoms. The number of benzene rings is 1. The van der Waals surface area contributed by atoms with Crippen molar-refractivity contribution in [2.45, 2.75) is 38.3 Å². The van der Waals surface area contributed by atoms with Gasteiger partial charge in [0.25, 0.3) is 0 Å². The Morgan fingerprint density at radius 2 is 2.29 bits per heavy atom. The van der Waals surface area contributed by atoms with Crippen molar-refractivity contribution in [2.75, 3.05) is 32.8 Å². The molecular formula is C17H26N2O2. The van der Waals surface area contributed by atoms with E-state index in [1.165, 1.54) is 24.0 Å². The molecule has 0 aliphatic carbocycles. The Bertz CT molecular complexity index is 472. The molecule has 1 aromatic rings. The number of aryl methyl sites for hydroxylation is 1. The summed E-state index contributed by atoms with van der Waals surface area (Å²) in [6, 6.07) is 6.99. The highest BCUT2D eigenvalue weighted by Crippen LogP contribution is 2.29. The summed E-state index contributed by atoms with van der Waals surface area (Å²) in [5, 5.41) is 12.8. The summed E-state index contributed by atoms with van der Waals surface area (Å²) in [7, 11) is 0. The van der Waals surface area contributed by atoms with E-state index < -0.39 is 0 Å². The maximum atomic E-state index is 9.29. The molecule has 4 heteroatoms. The minimum Gasteiger partial charge on any atom is -0.488 e. The molecule has 3 rings (SSSR count). The van der Waals surface area contributed by atoms with E-state index in [0.717, 1.165) is 38.3 Å². The predicted molar refractivity (Wildman–Crippen MR) is 83.8 cm³/mol. The second-order valence-electron chi connectivity index (χ2n) is 6.33. The van der Waals surface area contributed by atoms with Gasteiger partial charge >= 0.3 is 0 Å². The molecule has 0 radical (unpaired) electrons. The molecule has 1 saturated heterocycles. The minimum absolute atomic E-state index is 0.214. The standard InChI is InChI=1S/C17H26N2O2/c1-13-4-5-17-14(9-13)10-16(21-17)12-19(7-8-20)11-15-3-2-6-18-15/h4-5,9,15-16,18,20H,2-3,6-8,10-12H2,1H3. The van der Waals surface area contributed by atoms with Crippen molar-refractivity contribution in [3.63, 3.8) is 0 Å². The lowest BCUT2D eigenvalue weighted by atomic mass is 10.1. The zero-order chi connectivity index (χ0) is 14.7. The number of aliphatic hydroxyl groups excluding tert-OH is 1. The van der Waals surface area contributed by atoms with E-state index in [9.17, 15) is 5.11 Å². The smallest absolute Gasteiger partial charge is 0.123 e. The van der Waals surface area contributed by atoms with Crippen molar-refractivity contribution in [1.82, 2.24) is 10.2 Å². The summed E-state index contributed by atoms with van der Waals surface area (Å²) in [6.07, 6.45) is 3.71. The highest BCUT2D eigenvalue weighted by Gasteiger charge is 2.26. The zero-order valence-electron chi connectivity index (χ0n) is 12.8. The van der Waals surface area contributed by atoms with Crippen LogP contribution < -0.4 is 10.1 Å². The Morgan fingerprint density at radius 3 is 3.05 bits per heavy atom. The summed E-state index contributed by atoms with van der Waals surface area (Å²) < 4.78 is 6.06. The Balaban J connectivity index is 1.56. The van der Waals surface area contributed by atoms with Gasteiger partial charge in [-0.05, 0) is 37.9 Å². The van der Waals surface area contributed by atoms with E-state index in [0.29, 0.717) is 6.04 Å². The molecule has 0 amide bonds. The van der Waals surface area contributed by atoms with Gasteiger partial charge < -0.3 is 15.2 Å². The fraction of sp³-hybridized carbons (Fsp3) is 0.647. The lowest BCUT2D eigenvalue weighted by molar-refractivity contribution is 0.122. The van der Waals surface area contributed by atoms with E-state index in [1.807, 2.05) is 0 Å². The van der Waals surface area contributed by atoms with Gasteiger partial charge in [-0.1, -0.05) is 17.7 Å². The Kier molecular flexibility index (Phi) is 4.78. The number of fused-ring (bicyclic) bond motifs is 1. The van der Waals surface area contributed by atoms with Crippen LogP contribution in [0, 0.1) is 6.92 Å². The molecule has 0 saturated carbocycles. The van der Waals surface area contributed by atoms with Crippen LogP contribution in [0.25, 0.3) is 0 Å². The monoisotopic (exact) mass is 290 g/mol. The SMILES string of the molecule is Cc1ccc2c(c1)CC(CN(CCO)CC1CCCN1)O2. The molecule has 2 heterocycles. The van der Waals surface area contributed by atoms with Crippen molar-refractivity contribution in [3.05, 3.63) is 29.3 Å². The van der Waals surface area contributed by atoms with Crippen LogP contribution in [-0.2, 0) is 6.42 Å². The molecule has 0 bridgehead atoms. The normalized spacial score (nSPS) is 24.3. The first kappa shape index (κ1) is 14.8. The largest absolute Gasteiger partial charge is 0.488 e. The maximum Gasteiger partial charge on any atom is 0.123 e. The van der Waals surface area contributed by atoms with Crippen molar-refractivity contribution < 1.29 is 9.84 Å². The molecule has 116 valence electrons. The number of aliphatic hydroxyl groups is 1. The molecule has 4 nitrogen and oxygen atoms in total. The van der Waals surface area contributed by atoms with Gasteiger partial charge in [-0.25, -0.2) is 0 Å². The van der Waals surface area contributed by atoms with Crippen molar-refractivity contribution >= 4 is 0 Å². The van der Waals surface area contributed by atoms with Gasteiger partial charge in [0.1, 0.15) is 11.9 Å². The number of ether oxygens (including phenoxy) is 1. The first-order valence-corrected chi connectivity index (χ1v) is 8.07. The molecule has 1 fully saturated rings. The first-order valence-electron chi connectivity index (χ1n) is 8.07. The highest BCUT2D eigenvalue weighted by atomic mass is 16.5. The van der Waals surface area contributed by atoms with Gasteiger partial charge in [0.2, 0.25) is 0 Å². The van der Waals surface area contributed by atoms with Crippen LogP contribution in [0.3, 0.4) is 0 Å². The predicted octanol–water partition coefficient (Wildman–Crippen LogP) is 1.34. The average Bonchev–Trinajstić information content (AvgIpc) is 3.07. The van der Waals surface area contributed by atoms with Crippen molar-refractivity contribution in [2.24, 2.45) is 0 Å². The Morgan fingerprint density at radius 1 is 1.38 bits per heavy atom. The van der Waals surface area contributed by atoms with Crippen LogP contribution in [-0.4, -0.2) is 54.9 Å². The number of nitrogens with zero attached hydrogens (tertiary/aromatic N) is 1. The van der Waals surface area contributed by atoms with Gasteiger partial charge in [-0.15, -0.1) is 0 Å². The van der Waals surface area contributed by atoms with E-state index in [1.54, 1.807) is 0 Å². The van der Waals surface area contributed by atoms with Gasteiger partial charge in [0.15, 0.2) is 0 Å². The lowest BCUT2D eigenvalue weighted by Gasteiger charge is -2.27. The Labute approximate surface area is 127 Å². The van der Waals surface area contributed by atoms with Crippen LogP contribution in [0.5, 0.6) is 5.75 Å². The second-order valence-corrected chi connectivity index (χ2v) is 6.33. The van der Waals surface area contributed by atoms with Gasteiger partial charge in [-0.3, -0.25) is 4.90 Å². The molecule has 2 aliphatic rings. The van der Waals surface area contributed by atoms with Gasteiger partial charge in [0.05, 0.1) is 6.61 Å². The fourth-order valence-electron chi connectivity index (χ4n) is 3.46. The second kappa shape index (κ2) is 6.77. The van der Waals surface area contributed by atoms with Crippen molar-refractivity contribution in [1.29, 1.82) is 0 Å². The molecular weight excluding hydrogens is 264 g/mol. The van der Waals surface area contributed by atoms with Crippen LogP contribution in [0.1, 0.15) is 24.0 Å². The van der Waals surface area contributed by atoms with E-state index >= 15 is 0 Å². The fourth-order valence-corrected chi connectivity index (χ4v) is 3.46. The van der Waals surface area contributed by atoms with Crippen LogP contribution in [0.15, 0.2) is 18.2 Å². The number of hydrogen-bond acceptors (Lipinski definition) is 4. The van der Waals surface area contributed by atoms with Crippen LogP contribution in [0.2, 0.25) is 0 Å². The third-order valence-electron chi connectivity index (χ3n) is 4.48. The molecule has 0 aromatic heterocycles. The van der Waals surface area contributed by atoms with Gasteiger partial charge in [0, 0.05) is 32.1 Å². The summed E-state index contributed by atoms with van der Waals surface area (Å²) in [4.78, 5) is 2.34. The molecule has 1 aromatic carbocycles. The summed E-state index contributed by atoms with van der Waals surface area (Å²) in [5.41, 5.74) is 2.61. The van der Waals surface area contributed by atoms with E-state index in [-0.39, 0.29) is 12.7 Å². The quantitative estimate of drug-likeness (QED) is 0.830. The number of hydrogen-bond donors (Lipinski definition) is 2. The topological polar surface area (TPSA) is 44.7 Å². The lowest BCUT2D eigenvalue weighted by Crippen LogP contribution is -2.43. The third kappa shape index (κ3) is 3.76. The van der Waals surface area contributed by atoms with E-state index in [2.05, 4.69) is 35.3 Å². The molecule has 2 N–H and O–H groups in total. The summed E-state index contributed by atoms with van der Waals surface area (Å²) >= 11 is 0. The average molecular weight is 290 g/mol. The highest BCUT2D eigenvalue weighted by molar-refractivity contribution is 5.40. The molecule has 0 spiro atoms. The van der Waals surface area contributed by atoms with E-state index in [4.69, 9.17) is 4.74 Å². The summed E-state index contributed by atoms with van der Waals surface area (Å²) in [5.74, 6) is 1.04. The number of rotatable bonds is 6. The number of nitrogens with one attached hydrogen (secondary N) is 1. The van der Waals surface area contributed by atoms with Crippen molar-refractivity contribution in [3.8, 4) is 5.75 Å². The maximum absolute atomic E-state index is 9.29. The minimum atomic E-state index is 0.214. The molecule has 2 atom stereocenters. The Hall–Kier alpha value is -1.10. The zero-order valence-corrected chi connectivity index (χ0v) is 12.8. The van der Waals surface area contributed by atoms with Gasteiger partial charge in [-0.2, -0.15) is 0 Å². The third-order valence-corrected chi connectivity index (χ3v) is 4.48. The van der Waals surface area contributed by atoms with Crippen LogP contribution in [0.4, 0.5) is 0 Å². The molecule has 2 unspecified atom stereocenters. The van der Waals surface area contributed by atoms with Crippen LogP contribution >= 0.6 is 0 Å².